The minimum atomic E-state index is -0.307. The number of carbonyl (C=O) groups is 1. The highest BCUT2D eigenvalue weighted by atomic mass is 19.1. The summed E-state index contributed by atoms with van der Waals surface area (Å²) in [5, 5.41) is 7.53. The maximum absolute atomic E-state index is 13.2. The van der Waals surface area contributed by atoms with Crippen LogP contribution in [0.5, 0.6) is 0 Å². The first-order valence-corrected chi connectivity index (χ1v) is 8.58. The Kier molecular flexibility index (Phi) is 5.16. The van der Waals surface area contributed by atoms with Gasteiger partial charge in [-0.25, -0.2) is 14.1 Å². The van der Waals surface area contributed by atoms with Crippen LogP contribution in [-0.2, 0) is 6.54 Å². The normalized spacial score (nSPS) is 12.2. The Hall–Kier alpha value is -2.96. The van der Waals surface area contributed by atoms with Crippen molar-refractivity contribution >= 4 is 5.91 Å². The van der Waals surface area contributed by atoms with E-state index in [-0.39, 0.29) is 17.8 Å². The second-order valence-electron chi connectivity index (χ2n) is 6.27. The fraction of sp³-hybridized carbons (Fsp3) is 0.316. The van der Waals surface area contributed by atoms with Crippen molar-refractivity contribution < 1.29 is 9.18 Å². The average Bonchev–Trinajstić information content (AvgIpc) is 3.22. The lowest BCUT2D eigenvalue weighted by atomic mass is 10.1. The molecule has 0 radical (unpaired) electrons. The number of hydrogen-bond donors (Lipinski definition) is 1. The first-order chi connectivity index (χ1) is 12.5. The topological polar surface area (TPSA) is 64.7 Å². The van der Waals surface area contributed by atoms with E-state index in [4.69, 9.17) is 0 Å². The summed E-state index contributed by atoms with van der Waals surface area (Å²) in [6, 6.07) is 6.03. The highest BCUT2D eigenvalue weighted by Crippen LogP contribution is 2.18. The Morgan fingerprint density at radius 3 is 2.62 bits per heavy atom. The number of benzene rings is 1. The predicted octanol–water partition coefficient (Wildman–Crippen LogP) is 3.03. The lowest BCUT2D eigenvalue weighted by molar-refractivity contribution is 0.0930. The van der Waals surface area contributed by atoms with E-state index in [0.29, 0.717) is 17.8 Å². The van der Waals surface area contributed by atoms with Crippen molar-refractivity contribution in [2.24, 2.45) is 0 Å². The SMILES string of the molecule is CC[C@@H](Cn1ccnc1)NC(=O)c1c(C)nn(-c2ccc(F)cc2)c1C. The summed E-state index contributed by atoms with van der Waals surface area (Å²) in [4.78, 5) is 16.9. The summed E-state index contributed by atoms with van der Waals surface area (Å²) in [5.41, 5.74) is 2.64. The van der Waals surface area contributed by atoms with Crippen molar-refractivity contribution in [3.05, 3.63) is 65.8 Å². The number of aromatic nitrogens is 4. The van der Waals surface area contributed by atoms with Crippen LogP contribution < -0.4 is 5.32 Å². The van der Waals surface area contributed by atoms with E-state index >= 15 is 0 Å². The Morgan fingerprint density at radius 1 is 1.27 bits per heavy atom. The summed E-state index contributed by atoms with van der Waals surface area (Å²) >= 11 is 0. The van der Waals surface area contributed by atoms with E-state index in [2.05, 4.69) is 15.4 Å². The molecule has 1 aromatic carbocycles. The van der Waals surface area contributed by atoms with E-state index in [0.717, 1.165) is 17.8 Å². The van der Waals surface area contributed by atoms with Crippen molar-refractivity contribution in [2.75, 3.05) is 0 Å². The van der Waals surface area contributed by atoms with Crippen LogP contribution in [0.25, 0.3) is 5.69 Å². The van der Waals surface area contributed by atoms with Gasteiger partial charge in [-0.05, 0) is 44.5 Å². The van der Waals surface area contributed by atoms with E-state index in [9.17, 15) is 9.18 Å². The molecule has 1 atom stereocenters. The third kappa shape index (κ3) is 3.66. The number of hydrogen-bond acceptors (Lipinski definition) is 3. The molecule has 0 aliphatic rings. The number of imidazole rings is 1. The summed E-state index contributed by atoms with van der Waals surface area (Å²) in [6.07, 6.45) is 6.12. The zero-order chi connectivity index (χ0) is 18.7. The van der Waals surface area contributed by atoms with Crippen molar-refractivity contribution in [3.8, 4) is 5.69 Å². The second-order valence-corrected chi connectivity index (χ2v) is 6.27. The molecule has 136 valence electrons. The molecule has 0 aliphatic carbocycles. The molecule has 0 saturated heterocycles. The predicted molar refractivity (Wildman–Crippen MR) is 96.8 cm³/mol. The highest BCUT2D eigenvalue weighted by Gasteiger charge is 2.21. The van der Waals surface area contributed by atoms with Crippen LogP contribution in [0.1, 0.15) is 35.1 Å². The van der Waals surface area contributed by atoms with Crippen molar-refractivity contribution in [1.29, 1.82) is 0 Å². The van der Waals surface area contributed by atoms with Gasteiger partial charge in [0.1, 0.15) is 5.82 Å². The Bertz CT molecular complexity index is 884. The van der Waals surface area contributed by atoms with Crippen molar-refractivity contribution in [1.82, 2.24) is 24.6 Å². The van der Waals surface area contributed by atoms with Gasteiger partial charge < -0.3 is 9.88 Å². The summed E-state index contributed by atoms with van der Waals surface area (Å²) < 4.78 is 16.8. The molecule has 0 spiro atoms. The van der Waals surface area contributed by atoms with E-state index in [1.54, 1.807) is 36.3 Å². The molecule has 3 rings (SSSR count). The molecule has 0 saturated carbocycles. The maximum Gasteiger partial charge on any atom is 0.255 e. The summed E-state index contributed by atoms with van der Waals surface area (Å²) in [5.74, 6) is -0.459. The fourth-order valence-electron chi connectivity index (χ4n) is 2.99. The molecule has 0 unspecified atom stereocenters. The zero-order valence-electron chi connectivity index (χ0n) is 15.1. The zero-order valence-corrected chi connectivity index (χ0v) is 15.1. The number of carbonyl (C=O) groups excluding carboxylic acids is 1. The molecular weight excluding hydrogens is 333 g/mol. The quantitative estimate of drug-likeness (QED) is 0.739. The third-order valence-corrected chi connectivity index (χ3v) is 4.41. The van der Waals surface area contributed by atoms with E-state index in [1.165, 1.54) is 12.1 Å². The van der Waals surface area contributed by atoms with Crippen LogP contribution >= 0.6 is 0 Å². The molecule has 1 N–H and O–H groups in total. The molecule has 7 heteroatoms. The Balaban J connectivity index is 1.82. The highest BCUT2D eigenvalue weighted by molar-refractivity contribution is 5.96. The number of nitrogens with one attached hydrogen (secondary N) is 1. The number of nitrogens with zero attached hydrogens (tertiary/aromatic N) is 4. The largest absolute Gasteiger partial charge is 0.347 e. The Morgan fingerprint density at radius 2 is 2.00 bits per heavy atom. The van der Waals surface area contributed by atoms with Gasteiger partial charge in [-0.3, -0.25) is 4.79 Å². The maximum atomic E-state index is 13.2. The van der Waals surface area contributed by atoms with Crippen LogP contribution in [0, 0.1) is 19.7 Å². The van der Waals surface area contributed by atoms with Gasteiger partial charge in [0.2, 0.25) is 0 Å². The fourth-order valence-corrected chi connectivity index (χ4v) is 2.99. The molecule has 3 aromatic rings. The van der Waals surface area contributed by atoms with Crippen LogP contribution in [0.15, 0.2) is 43.0 Å². The first kappa shape index (κ1) is 17.8. The molecule has 0 bridgehead atoms. The first-order valence-electron chi connectivity index (χ1n) is 8.58. The van der Waals surface area contributed by atoms with Gasteiger partial charge >= 0.3 is 0 Å². The van der Waals surface area contributed by atoms with Gasteiger partial charge in [-0.15, -0.1) is 0 Å². The lowest BCUT2D eigenvalue weighted by Gasteiger charge is -2.17. The third-order valence-electron chi connectivity index (χ3n) is 4.41. The van der Waals surface area contributed by atoms with Crippen molar-refractivity contribution in [2.45, 2.75) is 39.8 Å². The van der Waals surface area contributed by atoms with Gasteiger partial charge in [-0.1, -0.05) is 6.92 Å². The molecule has 26 heavy (non-hydrogen) atoms. The lowest BCUT2D eigenvalue weighted by Crippen LogP contribution is -2.37. The standard InChI is InChI=1S/C19H22FN5O/c1-4-16(11-24-10-9-21-12-24)22-19(26)18-13(2)23-25(14(18)3)17-7-5-15(20)6-8-17/h5-10,12,16H,4,11H2,1-3H3,(H,22,26)/t16-/m0/s1. The van der Waals surface area contributed by atoms with Crippen LogP contribution in [-0.4, -0.2) is 31.3 Å². The summed E-state index contributed by atoms with van der Waals surface area (Å²) in [6.45, 7) is 6.34. The molecule has 0 fully saturated rings. The monoisotopic (exact) mass is 355 g/mol. The van der Waals surface area contributed by atoms with Crippen molar-refractivity contribution in [3.63, 3.8) is 0 Å². The number of rotatable bonds is 6. The van der Waals surface area contributed by atoms with Gasteiger partial charge in [0.05, 0.1) is 29.0 Å². The van der Waals surface area contributed by atoms with E-state index in [1.807, 2.05) is 24.6 Å². The summed E-state index contributed by atoms with van der Waals surface area (Å²) in [7, 11) is 0. The van der Waals surface area contributed by atoms with Crippen LogP contribution in [0.4, 0.5) is 4.39 Å². The van der Waals surface area contributed by atoms with Crippen LogP contribution in [0.3, 0.4) is 0 Å². The number of halogens is 1. The van der Waals surface area contributed by atoms with Crippen LogP contribution in [0.2, 0.25) is 0 Å². The minimum absolute atomic E-state index is 0.00956. The molecule has 2 aromatic heterocycles. The molecular formula is C19H22FN5O. The smallest absolute Gasteiger partial charge is 0.255 e. The molecule has 6 nitrogen and oxygen atoms in total. The molecule has 0 aliphatic heterocycles. The average molecular weight is 355 g/mol. The van der Waals surface area contributed by atoms with E-state index < -0.39 is 0 Å². The van der Waals surface area contributed by atoms with Gasteiger partial charge in [-0.2, -0.15) is 5.10 Å². The molecule has 1 amide bonds. The van der Waals surface area contributed by atoms with Gasteiger partial charge in [0.15, 0.2) is 0 Å². The van der Waals surface area contributed by atoms with Gasteiger partial charge in [0, 0.05) is 25.0 Å². The van der Waals surface area contributed by atoms with Gasteiger partial charge in [0.25, 0.3) is 5.91 Å². The minimum Gasteiger partial charge on any atom is -0.347 e. The second kappa shape index (κ2) is 7.51. The Labute approximate surface area is 151 Å². The molecule has 2 heterocycles. The number of aryl methyl sites for hydroxylation is 1. The number of amides is 1.